The van der Waals surface area contributed by atoms with Crippen molar-refractivity contribution >= 4 is 5.69 Å². The van der Waals surface area contributed by atoms with Gasteiger partial charge in [0, 0.05) is 18.9 Å². The summed E-state index contributed by atoms with van der Waals surface area (Å²) in [6.45, 7) is 0.681. The van der Waals surface area contributed by atoms with E-state index in [1.54, 1.807) is 24.5 Å². The lowest BCUT2D eigenvalue weighted by Crippen LogP contribution is -1.99. The van der Waals surface area contributed by atoms with E-state index in [9.17, 15) is 5.11 Å². The first-order valence-corrected chi connectivity index (χ1v) is 4.77. The molecule has 0 atom stereocenters. The highest BCUT2D eigenvalue weighted by molar-refractivity contribution is 5.55. The highest BCUT2D eigenvalue weighted by Crippen LogP contribution is 2.21. The predicted octanol–water partition coefficient (Wildman–Crippen LogP) is 2.40. The van der Waals surface area contributed by atoms with Crippen LogP contribution < -0.4 is 5.32 Å². The molecule has 0 bridgehead atoms. The maximum absolute atomic E-state index is 9.51. The number of aromatic hydroxyl groups is 1. The van der Waals surface area contributed by atoms with Crippen molar-refractivity contribution in [3.8, 4) is 5.75 Å². The first-order chi connectivity index (χ1) is 7.36. The average molecular weight is 200 g/mol. The number of pyridine rings is 1. The first-order valence-electron chi connectivity index (χ1n) is 4.77. The van der Waals surface area contributed by atoms with Crippen molar-refractivity contribution in [2.24, 2.45) is 0 Å². The van der Waals surface area contributed by atoms with E-state index in [1.807, 2.05) is 24.3 Å². The number of rotatable bonds is 3. The van der Waals surface area contributed by atoms with Crippen molar-refractivity contribution in [1.82, 2.24) is 4.98 Å². The predicted molar refractivity (Wildman–Crippen MR) is 59.7 cm³/mol. The molecule has 2 rings (SSSR count). The molecule has 3 nitrogen and oxygen atoms in total. The average Bonchev–Trinajstić information content (AvgIpc) is 2.29. The molecule has 0 unspecified atom stereocenters. The van der Waals surface area contributed by atoms with E-state index in [-0.39, 0.29) is 5.75 Å². The fourth-order valence-electron chi connectivity index (χ4n) is 1.32. The molecule has 76 valence electrons. The second kappa shape index (κ2) is 4.46. The van der Waals surface area contributed by atoms with E-state index in [4.69, 9.17) is 0 Å². The largest absolute Gasteiger partial charge is 0.506 e. The van der Waals surface area contributed by atoms with Gasteiger partial charge in [-0.15, -0.1) is 0 Å². The zero-order valence-corrected chi connectivity index (χ0v) is 8.22. The highest BCUT2D eigenvalue weighted by atomic mass is 16.3. The summed E-state index contributed by atoms with van der Waals surface area (Å²) in [5.74, 6) is 0.270. The zero-order valence-electron chi connectivity index (χ0n) is 8.22. The minimum atomic E-state index is 0.270. The van der Waals surface area contributed by atoms with E-state index >= 15 is 0 Å². The molecule has 2 aromatic rings. The van der Waals surface area contributed by atoms with Crippen LogP contribution in [0.25, 0.3) is 0 Å². The summed E-state index contributed by atoms with van der Waals surface area (Å²) in [6, 6.07) is 11.1. The molecular weight excluding hydrogens is 188 g/mol. The van der Waals surface area contributed by atoms with E-state index < -0.39 is 0 Å². The molecule has 1 heterocycles. The van der Waals surface area contributed by atoms with Crippen molar-refractivity contribution in [2.75, 3.05) is 5.32 Å². The van der Waals surface area contributed by atoms with Crippen LogP contribution in [-0.4, -0.2) is 10.1 Å². The lowest BCUT2D eigenvalue weighted by Gasteiger charge is -2.07. The molecule has 3 heteroatoms. The van der Waals surface area contributed by atoms with Gasteiger partial charge in [-0.25, -0.2) is 0 Å². The summed E-state index contributed by atoms with van der Waals surface area (Å²) >= 11 is 0. The molecule has 0 aliphatic heterocycles. The van der Waals surface area contributed by atoms with E-state index in [1.165, 1.54) is 0 Å². The van der Waals surface area contributed by atoms with Crippen molar-refractivity contribution < 1.29 is 5.11 Å². The summed E-state index contributed by atoms with van der Waals surface area (Å²) in [5.41, 5.74) is 1.88. The van der Waals surface area contributed by atoms with Crippen LogP contribution in [0.5, 0.6) is 5.75 Å². The molecule has 0 saturated heterocycles. The maximum atomic E-state index is 9.51. The monoisotopic (exact) mass is 200 g/mol. The van der Waals surface area contributed by atoms with Gasteiger partial charge in [-0.3, -0.25) is 4.98 Å². The summed E-state index contributed by atoms with van der Waals surface area (Å²) < 4.78 is 0. The van der Waals surface area contributed by atoms with Gasteiger partial charge in [-0.2, -0.15) is 0 Å². The number of hydrogen-bond donors (Lipinski definition) is 2. The highest BCUT2D eigenvalue weighted by Gasteiger charge is 1.97. The van der Waals surface area contributed by atoms with Gasteiger partial charge in [0.05, 0.1) is 5.69 Å². The molecule has 2 N–H and O–H groups in total. The van der Waals surface area contributed by atoms with Gasteiger partial charge in [-0.05, 0) is 29.8 Å². The van der Waals surface area contributed by atoms with Crippen LogP contribution in [-0.2, 0) is 6.54 Å². The van der Waals surface area contributed by atoms with Gasteiger partial charge in [0.15, 0.2) is 0 Å². The first kappa shape index (κ1) is 9.52. The molecule has 1 aromatic carbocycles. The Hall–Kier alpha value is -2.03. The van der Waals surface area contributed by atoms with Gasteiger partial charge in [-0.1, -0.05) is 12.1 Å². The Labute approximate surface area is 88.4 Å². The van der Waals surface area contributed by atoms with Gasteiger partial charge < -0.3 is 10.4 Å². The molecule has 0 amide bonds. The van der Waals surface area contributed by atoms with Crippen molar-refractivity contribution in [1.29, 1.82) is 0 Å². The van der Waals surface area contributed by atoms with Crippen LogP contribution >= 0.6 is 0 Å². The molecular formula is C12H12N2O. The Morgan fingerprint density at radius 3 is 2.53 bits per heavy atom. The van der Waals surface area contributed by atoms with Crippen molar-refractivity contribution in [3.05, 3.63) is 54.4 Å². The SMILES string of the molecule is Oc1ccccc1NCc1ccncc1. The summed E-state index contributed by atoms with van der Waals surface area (Å²) in [6.07, 6.45) is 3.50. The second-order valence-electron chi connectivity index (χ2n) is 3.23. The third-order valence-electron chi connectivity index (χ3n) is 2.14. The number of phenolic OH excluding ortho intramolecular Hbond substituents is 1. The van der Waals surface area contributed by atoms with Gasteiger partial charge in [0.2, 0.25) is 0 Å². The van der Waals surface area contributed by atoms with Gasteiger partial charge in [0.1, 0.15) is 5.75 Å². The molecule has 0 saturated carbocycles. The molecule has 0 fully saturated rings. The zero-order chi connectivity index (χ0) is 10.5. The topological polar surface area (TPSA) is 45.1 Å². The standard InChI is InChI=1S/C12H12N2O/c15-12-4-2-1-3-11(12)14-9-10-5-7-13-8-6-10/h1-8,14-15H,9H2. The molecule has 1 aromatic heterocycles. The Bertz CT molecular complexity index is 429. The summed E-state index contributed by atoms with van der Waals surface area (Å²) in [5, 5.41) is 12.7. The Morgan fingerprint density at radius 1 is 1.07 bits per heavy atom. The fourth-order valence-corrected chi connectivity index (χ4v) is 1.32. The Kier molecular flexibility index (Phi) is 2.83. The number of nitrogens with one attached hydrogen (secondary N) is 1. The number of anilines is 1. The number of hydrogen-bond acceptors (Lipinski definition) is 3. The van der Waals surface area contributed by atoms with E-state index in [0.717, 1.165) is 11.3 Å². The van der Waals surface area contributed by atoms with Gasteiger partial charge in [0.25, 0.3) is 0 Å². The summed E-state index contributed by atoms with van der Waals surface area (Å²) in [7, 11) is 0. The van der Waals surface area contributed by atoms with E-state index in [0.29, 0.717) is 6.54 Å². The van der Waals surface area contributed by atoms with E-state index in [2.05, 4.69) is 10.3 Å². The molecule has 0 spiro atoms. The Morgan fingerprint density at radius 2 is 1.80 bits per heavy atom. The van der Waals surface area contributed by atoms with Crippen LogP contribution in [0.15, 0.2) is 48.8 Å². The molecule has 0 aliphatic rings. The normalized spacial score (nSPS) is 9.87. The summed E-state index contributed by atoms with van der Waals surface area (Å²) in [4.78, 5) is 3.94. The van der Waals surface area contributed by atoms with Gasteiger partial charge >= 0.3 is 0 Å². The number of phenols is 1. The maximum Gasteiger partial charge on any atom is 0.138 e. The number of nitrogens with zero attached hydrogens (tertiary/aromatic N) is 1. The van der Waals surface area contributed by atoms with Crippen LogP contribution in [0.2, 0.25) is 0 Å². The second-order valence-corrected chi connectivity index (χ2v) is 3.23. The van der Waals surface area contributed by atoms with Crippen LogP contribution in [0.3, 0.4) is 0 Å². The number of aromatic nitrogens is 1. The molecule has 15 heavy (non-hydrogen) atoms. The quantitative estimate of drug-likeness (QED) is 0.748. The van der Waals surface area contributed by atoms with Crippen LogP contribution in [0, 0.1) is 0 Å². The van der Waals surface area contributed by atoms with Crippen LogP contribution in [0.1, 0.15) is 5.56 Å². The lowest BCUT2D eigenvalue weighted by atomic mass is 10.2. The smallest absolute Gasteiger partial charge is 0.138 e. The third kappa shape index (κ3) is 2.47. The van der Waals surface area contributed by atoms with Crippen LogP contribution in [0.4, 0.5) is 5.69 Å². The lowest BCUT2D eigenvalue weighted by molar-refractivity contribution is 0.477. The molecule has 0 aliphatic carbocycles. The minimum absolute atomic E-state index is 0.270. The van der Waals surface area contributed by atoms with Crippen molar-refractivity contribution in [2.45, 2.75) is 6.54 Å². The minimum Gasteiger partial charge on any atom is -0.506 e. The van der Waals surface area contributed by atoms with Crippen molar-refractivity contribution in [3.63, 3.8) is 0 Å². The third-order valence-corrected chi connectivity index (χ3v) is 2.14. The number of benzene rings is 1. The number of para-hydroxylation sites is 2. The fraction of sp³-hybridized carbons (Fsp3) is 0.0833. The Balaban J connectivity index is 2.03. The molecule has 0 radical (unpaired) electrons.